The molecule has 5 nitrogen and oxygen atoms in total. The zero-order valence-electron chi connectivity index (χ0n) is 13.9. The highest BCUT2D eigenvalue weighted by molar-refractivity contribution is 8.18. The molecule has 0 saturated carbocycles. The third-order valence-corrected chi connectivity index (χ3v) is 4.58. The fourth-order valence-corrected chi connectivity index (χ4v) is 3.06. The van der Waals surface area contributed by atoms with E-state index in [0.29, 0.717) is 15.8 Å². The van der Waals surface area contributed by atoms with Gasteiger partial charge in [0.25, 0.3) is 5.91 Å². The van der Waals surface area contributed by atoms with Gasteiger partial charge in [-0.1, -0.05) is 54.6 Å². The van der Waals surface area contributed by atoms with Gasteiger partial charge in [0.05, 0.1) is 16.6 Å². The SMILES string of the molecule is Cc1ccc(C(=O)[O-])cc1N=C1NC(=O)/C(=C/C=C/c2ccccc2)S1. The summed E-state index contributed by atoms with van der Waals surface area (Å²) in [5.74, 6) is -1.50. The molecule has 1 amide bonds. The zero-order valence-corrected chi connectivity index (χ0v) is 14.7. The number of carbonyl (C=O) groups excluding carboxylic acids is 2. The van der Waals surface area contributed by atoms with E-state index in [2.05, 4.69) is 10.3 Å². The minimum Gasteiger partial charge on any atom is -0.545 e. The average Bonchev–Trinajstić information content (AvgIpc) is 2.97. The van der Waals surface area contributed by atoms with Crippen molar-refractivity contribution in [2.24, 2.45) is 4.99 Å². The number of nitrogens with zero attached hydrogens (tertiary/aromatic N) is 1. The molecule has 1 heterocycles. The van der Waals surface area contributed by atoms with Crippen LogP contribution in [0, 0.1) is 6.92 Å². The number of rotatable bonds is 4. The van der Waals surface area contributed by atoms with Crippen LogP contribution in [-0.2, 0) is 4.79 Å². The van der Waals surface area contributed by atoms with Crippen LogP contribution in [0.1, 0.15) is 21.5 Å². The van der Waals surface area contributed by atoms with Gasteiger partial charge in [0.15, 0.2) is 5.17 Å². The molecule has 1 saturated heterocycles. The van der Waals surface area contributed by atoms with E-state index in [0.717, 1.165) is 11.1 Å². The van der Waals surface area contributed by atoms with Crippen molar-refractivity contribution in [2.75, 3.05) is 0 Å². The molecule has 2 aromatic carbocycles. The molecule has 0 aliphatic carbocycles. The van der Waals surface area contributed by atoms with E-state index >= 15 is 0 Å². The molecule has 1 aliphatic rings. The molecule has 0 atom stereocenters. The van der Waals surface area contributed by atoms with Crippen molar-refractivity contribution in [1.82, 2.24) is 5.32 Å². The van der Waals surface area contributed by atoms with E-state index in [1.165, 1.54) is 23.9 Å². The summed E-state index contributed by atoms with van der Waals surface area (Å²) in [6, 6.07) is 14.3. The fraction of sp³-hybridized carbons (Fsp3) is 0.0500. The minimum absolute atomic E-state index is 0.0471. The second-order valence-corrected chi connectivity index (χ2v) is 6.59. The van der Waals surface area contributed by atoms with E-state index in [9.17, 15) is 14.7 Å². The molecule has 1 N–H and O–H groups in total. The summed E-state index contributed by atoms with van der Waals surface area (Å²) >= 11 is 1.21. The van der Waals surface area contributed by atoms with Crippen molar-refractivity contribution in [3.8, 4) is 0 Å². The molecule has 26 heavy (non-hydrogen) atoms. The van der Waals surface area contributed by atoms with Crippen molar-refractivity contribution in [3.05, 3.63) is 82.3 Å². The number of benzene rings is 2. The summed E-state index contributed by atoms with van der Waals surface area (Å²) in [5.41, 5.74) is 2.37. The van der Waals surface area contributed by atoms with Crippen LogP contribution >= 0.6 is 11.8 Å². The molecular formula is C20H15N2O3S-. The Morgan fingerprint density at radius 3 is 2.69 bits per heavy atom. The molecular weight excluding hydrogens is 348 g/mol. The predicted octanol–water partition coefficient (Wildman–Crippen LogP) is 2.81. The van der Waals surface area contributed by atoms with Gasteiger partial charge in [0.2, 0.25) is 0 Å². The summed E-state index contributed by atoms with van der Waals surface area (Å²) in [4.78, 5) is 27.9. The maximum Gasteiger partial charge on any atom is 0.264 e. The molecule has 1 fully saturated rings. The number of aliphatic imine (C=N–C) groups is 1. The van der Waals surface area contributed by atoms with Gasteiger partial charge in [0.1, 0.15) is 0 Å². The Kier molecular flexibility index (Phi) is 5.34. The van der Waals surface area contributed by atoms with Crippen LogP contribution in [0.25, 0.3) is 6.08 Å². The van der Waals surface area contributed by atoms with E-state index in [1.807, 2.05) is 49.4 Å². The topological polar surface area (TPSA) is 81.6 Å². The second kappa shape index (κ2) is 7.84. The van der Waals surface area contributed by atoms with Crippen LogP contribution in [0.5, 0.6) is 0 Å². The maximum absolute atomic E-state index is 12.1. The first kappa shape index (κ1) is 17.7. The van der Waals surface area contributed by atoms with Crippen LogP contribution in [0.2, 0.25) is 0 Å². The Morgan fingerprint density at radius 2 is 1.96 bits per heavy atom. The standard InChI is InChI=1S/C20H16N2O3S/c1-13-10-11-15(19(24)25)12-16(13)21-20-22-18(23)17(26-20)9-5-8-14-6-3-2-4-7-14/h2-12H,1H3,(H,24,25)(H,21,22,23)/p-1/b8-5+,17-9-. The lowest BCUT2D eigenvalue weighted by molar-refractivity contribution is -0.255. The van der Waals surface area contributed by atoms with Crippen molar-refractivity contribution < 1.29 is 14.7 Å². The molecule has 0 unspecified atom stereocenters. The van der Waals surface area contributed by atoms with Crippen LogP contribution in [0.3, 0.4) is 0 Å². The average molecular weight is 363 g/mol. The summed E-state index contributed by atoms with van der Waals surface area (Å²) in [7, 11) is 0. The lowest BCUT2D eigenvalue weighted by Crippen LogP contribution is -2.22. The van der Waals surface area contributed by atoms with Crippen molar-refractivity contribution in [1.29, 1.82) is 0 Å². The van der Waals surface area contributed by atoms with Crippen molar-refractivity contribution in [3.63, 3.8) is 0 Å². The number of aromatic carboxylic acids is 1. The van der Waals surface area contributed by atoms with Gasteiger partial charge in [-0.05, 0) is 47.5 Å². The third-order valence-electron chi connectivity index (χ3n) is 3.65. The Morgan fingerprint density at radius 1 is 1.19 bits per heavy atom. The summed E-state index contributed by atoms with van der Waals surface area (Å²) in [5, 5.41) is 14.1. The van der Waals surface area contributed by atoms with Crippen LogP contribution in [0.4, 0.5) is 5.69 Å². The Hall–Kier alpha value is -3.12. The molecule has 0 bridgehead atoms. The van der Waals surface area contributed by atoms with Gasteiger partial charge in [-0.15, -0.1) is 0 Å². The third kappa shape index (κ3) is 4.29. The number of aryl methyl sites for hydroxylation is 1. The lowest BCUT2D eigenvalue weighted by atomic mass is 10.1. The number of hydrogen-bond donors (Lipinski definition) is 1. The highest BCUT2D eigenvalue weighted by Gasteiger charge is 2.23. The van der Waals surface area contributed by atoms with Crippen LogP contribution in [-0.4, -0.2) is 17.0 Å². The monoisotopic (exact) mass is 363 g/mol. The molecule has 3 rings (SSSR count). The van der Waals surface area contributed by atoms with Crippen LogP contribution < -0.4 is 10.4 Å². The van der Waals surface area contributed by atoms with Gasteiger partial charge >= 0.3 is 0 Å². The number of amides is 1. The highest BCUT2D eigenvalue weighted by Crippen LogP contribution is 2.28. The maximum atomic E-state index is 12.1. The zero-order chi connectivity index (χ0) is 18.5. The van der Waals surface area contributed by atoms with Gasteiger partial charge in [-0.2, -0.15) is 0 Å². The van der Waals surface area contributed by atoms with E-state index in [-0.39, 0.29) is 11.5 Å². The first-order valence-corrected chi connectivity index (χ1v) is 8.68. The summed E-state index contributed by atoms with van der Waals surface area (Å²) in [6.45, 7) is 1.82. The van der Waals surface area contributed by atoms with Crippen molar-refractivity contribution >= 4 is 40.6 Å². The first-order valence-electron chi connectivity index (χ1n) is 7.86. The molecule has 2 aromatic rings. The number of nitrogens with one attached hydrogen (secondary N) is 1. The minimum atomic E-state index is -1.26. The highest BCUT2D eigenvalue weighted by atomic mass is 32.2. The number of hydrogen-bond acceptors (Lipinski definition) is 5. The summed E-state index contributed by atoms with van der Waals surface area (Å²) < 4.78 is 0. The Labute approximate surface area is 155 Å². The normalized spacial score (nSPS) is 17.2. The number of carbonyl (C=O) groups is 2. The number of thioether (sulfide) groups is 1. The summed E-state index contributed by atoms with van der Waals surface area (Å²) in [6.07, 6.45) is 5.44. The molecule has 130 valence electrons. The first-order chi connectivity index (χ1) is 12.5. The van der Waals surface area contributed by atoms with E-state index in [1.54, 1.807) is 12.1 Å². The van der Waals surface area contributed by atoms with E-state index < -0.39 is 5.97 Å². The van der Waals surface area contributed by atoms with Crippen LogP contribution in [0.15, 0.2) is 70.6 Å². The quantitative estimate of drug-likeness (QED) is 0.847. The van der Waals surface area contributed by atoms with Gasteiger partial charge in [-0.3, -0.25) is 4.79 Å². The molecule has 0 radical (unpaired) electrons. The molecule has 0 spiro atoms. The smallest absolute Gasteiger partial charge is 0.264 e. The number of amidine groups is 1. The predicted molar refractivity (Wildman–Crippen MR) is 102 cm³/mol. The second-order valence-electron chi connectivity index (χ2n) is 5.56. The van der Waals surface area contributed by atoms with Gasteiger partial charge < -0.3 is 15.2 Å². The Bertz CT molecular complexity index is 947. The van der Waals surface area contributed by atoms with Gasteiger partial charge in [0, 0.05) is 0 Å². The largest absolute Gasteiger partial charge is 0.545 e. The lowest BCUT2D eigenvalue weighted by Gasteiger charge is -2.06. The van der Waals surface area contributed by atoms with Crippen molar-refractivity contribution in [2.45, 2.75) is 6.92 Å². The van der Waals surface area contributed by atoms with E-state index in [4.69, 9.17) is 0 Å². The molecule has 6 heteroatoms. The fourth-order valence-electron chi connectivity index (χ4n) is 2.27. The molecule has 1 aliphatic heterocycles. The Balaban J connectivity index is 1.78. The molecule has 0 aromatic heterocycles. The number of carboxylic acid groups (broad SMARTS) is 1. The van der Waals surface area contributed by atoms with Gasteiger partial charge in [-0.25, -0.2) is 4.99 Å². The number of carboxylic acids is 1. The number of allylic oxidation sites excluding steroid dienone is 2.